The van der Waals surface area contributed by atoms with Gasteiger partial charge in [0.2, 0.25) is 0 Å². The number of halogens is 4. The van der Waals surface area contributed by atoms with E-state index in [1.54, 1.807) is 5.38 Å². The fourth-order valence-corrected chi connectivity index (χ4v) is 2.09. The summed E-state index contributed by atoms with van der Waals surface area (Å²) < 4.78 is 50.6. The van der Waals surface area contributed by atoms with Crippen molar-refractivity contribution in [1.29, 1.82) is 0 Å². The van der Waals surface area contributed by atoms with Crippen molar-refractivity contribution in [1.82, 2.24) is 4.98 Å². The quantitative estimate of drug-likeness (QED) is 0.854. The Morgan fingerprint density at radius 3 is 2.56 bits per heavy atom. The maximum Gasteiger partial charge on any atom is 0.419 e. The van der Waals surface area contributed by atoms with Crippen LogP contribution in [-0.4, -0.2) is 10.1 Å². The summed E-state index contributed by atoms with van der Waals surface area (Å²) in [5.74, 6) is -1.36. The van der Waals surface area contributed by atoms with Gasteiger partial charge in [0.1, 0.15) is 16.9 Å². The van der Waals surface area contributed by atoms with Gasteiger partial charge in [0.05, 0.1) is 5.56 Å². The number of aliphatic hydroxyl groups is 1. The molecule has 2 aromatic rings. The molecule has 0 saturated heterocycles. The van der Waals surface area contributed by atoms with Gasteiger partial charge in [-0.25, -0.2) is 9.37 Å². The Hall–Kier alpha value is -1.47. The van der Waals surface area contributed by atoms with Crippen LogP contribution in [-0.2, 0) is 6.18 Å². The highest BCUT2D eigenvalue weighted by Crippen LogP contribution is 2.34. The fraction of sp³-hybridized carbons (Fsp3) is 0.182. The second-order valence-corrected chi connectivity index (χ2v) is 4.44. The molecule has 1 atom stereocenters. The Morgan fingerprint density at radius 1 is 1.28 bits per heavy atom. The van der Waals surface area contributed by atoms with Crippen molar-refractivity contribution in [3.63, 3.8) is 0 Å². The van der Waals surface area contributed by atoms with E-state index in [-0.39, 0.29) is 10.6 Å². The van der Waals surface area contributed by atoms with Crippen LogP contribution in [0.15, 0.2) is 29.8 Å². The third kappa shape index (κ3) is 2.51. The molecule has 0 aliphatic heterocycles. The largest absolute Gasteiger partial charge is 0.419 e. The summed E-state index contributed by atoms with van der Waals surface area (Å²) in [6.07, 6.45) is -4.65. The van der Waals surface area contributed by atoms with Gasteiger partial charge < -0.3 is 5.11 Å². The molecule has 2 rings (SSSR count). The molecule has 0 aliphatic carbocycles. The highest BCUT2D eigenvalue weighted by Gasteiger charge is 2.34. The summed E-state index contributed by atoms with van der Waals surface area (Å²) >= 11 is 1.11. The van der Waals surface area contributed by atoms with E-state index in [4.69, 9.17) is 0 Å². The van der Waals surface area contributed by atoms with Gasteiger partial charge in [-0.2, -0.15) is 13.2 Å². The number of alkyl halides is 3. The highest BCUT2D eigenvalue weighted by molar-refractivity contribution is 7.09. The Balaban J connectivity index is 2.42. The van der Waals surface area contributed by atoms with E-state index < -0.39 is 23.7 Å². The zero-order valence-corrected chi connectivity index (χ0v) is 9.60. The number of nitrogens with zero attached hydrogens (tertiary/aromatic N) is 1. The van der Waals surface area contributed by atoms with Crippen molar-refractivity contribution in [3.05, 3.63) is 51.7 Å². The van der Waals surface area contributed by atoms with Crippen molar-refractivity contribution in [3.8, 4) is 0 Å². The van der Waals surface area contributed by atoms with Crippen LogP contribution in [0.4, 0.5) is 17.6 Å². The van der Waals surface area contributed by atoms with E-state index in [0.29, 0.717) is 12.1 Å². The van der Waals surface area contributed by atoms with Gasteiger partial charge >= 0.3 is 6.18 Å². The van der Waals surface area contributed by atoms with Crippen LogP contribution in [0.25, 0.3) is 0 Å². The van der Waals surface area contributed by atoms with Crippen LogP contribution < -0.4 is 0 Å². The minimum absolute atomic E-state index is 0.0429. The number of rotatable bonds is 2. The molecule has 18 heavy (non-hydrogen) atoms. The third-order valence-electron chi connectivity index (χ3n) is 2.30. The standard InChI is InChI=1S/C11H7F4NOS/c12-8-2-1-6(5-7(8)11(13,14)15)9(17)10-16-3-4-18-10/h1-5,9,17H. The second kappa shape index (κ2) is 4.66. The van der Waals surface area contributed by atoms with Gasteiger partial charge in [-0.3, -0.25) is 0 Å². The molecular formula is C11H7F4NOS. The predicted molar refractivity (Wildman–Crippen MR) is 57.6 cm³/mol. The Morgan fingerprint density at radius 2 is 2.00 bits per heavy atom. The zero-order chi connectivity index (χ0) is 13.3. The lowest BCUT2D eigenvalue weighted by Gasteiger charge is -2.12. The molecule has 0 fully saturated rings. The first kappa shape index (κ1) is 13.0. The van der Waals surface area contributed by atoms with Crippen molar-refractivity contribution < 1.29 is 22.7 Å². The molecule has 1 N–H and O–H groups in total. The highest BCUT2D eigenvalue weighted by atomic mass is 32.1. The molecule has 0 radical (unpaired) electrons. The maximum atomic E-state index is 13.1. The minimum Gasteiger partial charge on any atom is -0.381 e. The molecular weight excluding hydrogens is 270 g/mol. The fourth-order valence-electron chi connectivity index (χ4n) is 1.44. The van der Waals surface area contributed by atoms with Gasteiger partial charge in [-0.05, 0) is 17.7 Å². The zero-order valence-electron chi connectivity index (χ0n) is 8.78. The molecule has 1 heterocycles. The van der Waals surface area contributed by atoms with Crippen LogP contribution in [0.2, 0.25) is 0 Å². The number of benzene rings is 1. The van der Waals surface area contributed by atoms with E-state index >= 15 is 0 Å². The van der Waals surface area contributed by atoms with Crippen molar-refractivity contribution in [2.24, 2.45) is 0 Å². The summed E-state index contributed by atoms with van der Waals surface area (Å²) in [4.78, 5) is 3.80. The van der Waals surface area contributed by atoms with Gasteiger partial charge in [0.25, 0.3) is 0 Å². The van der Waals surface area contributed by atoms with Crippen LogP contribution in [0.5, 0.6) is 0 Å². The first-order valence-corrected chi connectivity index (χ1v) is 5.71. The predicted octanol–water partition coefficient (Wildman–Crippen LogP) is 3.38. The van der Waals surface area contributed by atoms with Crippen LogP contribution in [0, 0.1) is 5.82 Å². The van der Waals surface area contributed by atoms with E-state index in [9.17, 15) is 22.7 Å². The lowest BCUT2D eigenvalue weighted by Crippen LogP contribution is -2.10. The van der Waals surface area contributed by atoms with Gasteiger partial charge in [0, 0.05) is 11.6 Å². The topological polar surface area (TPSA) is 33.1 Å². The average molecular weight is 277 g/mol. The number of aliphatic hydroxyl groups excluding tert-OH is 1. The van der Waals surface area contributed by atoms with E-state index in [1.807, 2.05) is 0 Å². The molecule has 0 bridgehead atoms. The third-order valence-corrected chi connectivity index (χ3v) is 3.12. The van der Waals surface area contributed by atoms with Crippen molar-refractivity contribution in [2.45, 2.75) is 12.3 Å². The van der Waals surface area contributed by atoms with Crippen molar-refractivity contribution in [2.75, 3.05) is 0 Å². The molecule has 2 nitrogen and oxygen atoms in total. The molecule has 1 unspecified atom stereocenters. The van der Waals surface area contributed by atoms with Gasteiger partial charge in [-0.1, -0.05) is 6.07 Å². The lowest BCUT2D eigenvalue weighted by molar-refractivity contribution is -0.140. The summed E-state index contributed by atoms with van der Waals surface area (Å²) in [6.45, 7) is 0. The Bertz CT molecular complexity index is 538. The minimum atomic E-state index is -4.79. The van der Waals surface area contributed by atoms with Gasteiger partial charge in [-0.15, -0.1) is 11.3 Å². The Labute approximate surface area is 104 Å². The first-order chi connectivity index (χ1) is 8.39. The SMILES string of the molecule is OC(c1ccc(F)c(C(F)(F)F)c1)c1nccs1. The monoisotopic (exact) mass is 277 g/mol. The number of hydrogen-bond donors (Lipinski definition) is 1. The maximum absolute atomic E-state index is 13.1. The average Bonchev–Trinajstić information content (AvgIpc) is 2.80. The second-order valence-electron chi connectivity index (χ2n) is 3.51. The summed E-state index contributed by atoms with van der Waals surface area (Å²) in [5, 5.41) is 11.7. The van der Waals surface area contributed by atoms with Crippen LogP contribution in [0.3, 0.4) is 0 Å². The molecule has 0 amide bonds. The Kier molecular flexibility index (Phi) is 3.36. The molecule has 7 heteroatoms. The summed E-state index contributed by atoms with van der Waals surface area (Å²) in [7, 11) is 0. The smallest absolute Gasteiger partial charge is 0.381 e. The van der Waals surface area contributed by atoms with Gasteiger partial charge in [0.15, 0.2) is 0 Å². The molecule has 0 aliphatic rings. The molecule has 0 saturated carbocycles. The van der Waals surface area contributed by atoms with Crippen LogP contribution in [0.1, 0.15) is 22.2 Å². The number of thiazole rings is 1. The summed E-state index contributed by atoms with van der Waals surface area (Å²) in [5.41, 5.74) is -1.44. The molecule has 1 aromatic carbocycles. The lowest BCUT2D eigenvalue weighted by atomic mass is 10.1. The number of aromatic nitrogens is 1. The van der Waals surface area contributed by atoms with Crippen molar-refractivity contribution >= 4 is 11.3 Å². The normalized spacial score (nSPS) is 13.6. The molecule has 96 valence electrons. The van der Waals surface area contributed by atoms with E-state index in [2.05, 4.69) is 4.98 Å². The van der Waals surface area contributed by atoms with Crippen LogP contribution >= 0.6 is 11.3 Å². The summed E-state index contributed by atoms with van der Waals surface area (Å²) in [6, 6.07) is 2.40. The van der Waals surface area contributed by atoms with E-state index in [0.717, 1.165) is 17.4 Å². The first-order valence-electron chi connectivity index (χ1n) is 4.83. The molecule has 1 aromatic heterocycles. The molecule has 0 spiro atoms. The number of hydrogen-bond acceptors (Lipinski definition) is 3. The van der Waals surface area contributed by atoms with E-state index in [1.165, 1.54) is 6.20 Å².